The average molecular weight is 372 g/mol. The van der Waals surface area contributed by atoms with Crippen molar-refractivity contribution >= 4 is 21.1 Å². The quantitative estimate of drug-likeness (QED) is 0.709. The number of rotatable bonds is 3. The van der Waals surface area contributed by atoms with Gasteiger partial charge >= 0.3 is 5.76 Å². The van der Waals surface area contributed by atoms with Crippen LogP contribution in [0.5, 0.6) is 0 Å². The minimum Gasteiger partial charge on any atom is -0.408 e. The number of hydrogen-bond donors (Lipinski definition) is 0. The lowest BCUT2D eigenvalue weighted by Gasteiger charge is -2.24. The summed E-state index contributed by atoms with van der Waals surface area (Å²) in [5.41, 5.74) is 3.00. The van der Waals surface area contributed by atoms with Gasteiger partial charge in [-0.1, -0.05) is 29.8 Å². The monoisotopic (exact) mass is 372 g/mol. The van der Waals surface area contributed by atoms with Crippen LogP contribution in [0.15, 0.2) is 56.6 Å². The van der Waals surface area contributed by atoms with Gasteiger partial charge in [-0.3, -0.25) is 4.57 Å². The largest absolute Gasteiger partial charge is 0.419 e. The van der Waals surface area contributed by atoms with Crippen molar-refractivity contribution < 1.29 is 12.8 Å². The van der Waals surface area contributed by atoms with Crippen molar-refractivity contribution in [3.63, 3.8) is 0 Å². The zero-order chi connectivity index (χ0) is 18.5. The molecule has 1 aliphatic heterocycles. The number of benzene rings is 2. The van der Waals surface area contributed by atoms with Gasteiger partial charge in [-0.05, 0) is 37.5 Å². The van der Waals surface area contributed by atoms with Gasteiger partial charge < -0.3 is 4.42 Å². The van der Waals surface area contributed by atoms with Crippen LogP contribution in [0.3, 0.4) is 0 Å². The molecule has 0 spiro atoms. The van der Waals surface area contributed by atoms with Crippen LogP contribution in [0.1, 0.15) is 30.0 Å². The van der Waals surface area contributed by atoms with Crippen LogP contribution in [-0.2, 0) is 17.1 Å². The Kier molecular flexibility index (Phi) is 4.00. The van der Waals surface area contributed by atoms with Crippen molar-refractivity contribution in [1.29, 1.82) is 0 Å². The second kappa shape index (κ2) is 6.10. The van der Waals surface area contributed by atoms with E-state index in [9.17, 15) is 13.2 Å². The maximum absolute atomic E-state index is 13.2. The van der Waals surface area contributed by atoms with Gasteiger partial charge in [-0.25, -0.2) is 13.2 Å². The van der Waals surface area contributed by atoms with E-state index in [0.717, 1.165) is 24.0 Å². The number of sulfonamides is 1. The molecule has 1 fully saturated rings. The molecule has 0 aliphatic carbocycles. The number of fused-ring (bicyclic) bond motifs is 1. The first-order valence-electron chi connectivity index (χ1n) is 8.56. The predicted octanol–water partition coefficient (Wildman–Crippen LogP) is 2.97. The van der Waals surface area contributed by atoms with E-state index >= 15 is 0 Å². The van der Waals surface area contributed by atoms with E-state index in [1.165, 1.54) is 16.7 Å². The first-order valence-corrected chi connectivity index (χ1v) is 10.00. The minimum atomic E-state index is -3.68. The van der Waals surface area contributed by atoms with Crippen molar-refractivity contribution in [1.82, 2.24) is 8.87 Å². The molecular formula is C19H20N2O4S. The Bertz CT molecular complexity index is 1130. The summed E-state index contributed by atoms with van der Waals surface area (Å²) in [4.78, 5) is 11.8. The lowest BCUT2D eigenvalue weighted by molar-refractivity contribution is 0.396. The van der Waals surface area contributed by atoms with E-state index in [4.69, 9.17) is 4.42 Å². The minimum absolute atomic E-state index is 0.151. The molecule has 0 amide bonds. The highest BCUT2D eigenvalue weighted by Crippen LogP contribution is 2.37. The van der Waals surface area contributed by atoms with Gasteiger partial charge in [0.05, 0.1) is 16.5 Å². The molecular weight excluding hydrogens is 352 g/mol. The van der Waals surface area contributed by atoms with E-state index in [-0.39, 0.29) is 16.5 Å². The molecule has 26 heavy (non-hydrogen) atoms. The fourth-order valence-electron chi connectivity index (χ4n) is 3.56. The summed E-state index contributed by atoms with van der Waals surface area (Å²) < 4.78 is 34.5. The molecule has 1 atom stereocenters. The fraction of sp³-hybridized carbons (Fsp3) is 0.316. The summed E-state index contributed by atoms with van der Waals surface area (Å²) in [5, 5.41) is 0. The first-order chi connectivity index (χ1) is 12.4. The Morgan fingerprint density at radius 3 is 2.58 bits per heavy atom. The van der Waals surface area contributed by atoms with Crippen molar-refractivity contribution in [2.75, 3.05) is 6.54 Å². The van der Waals surface area contributed by atoms with Crippen LogP contribution in [-0.4, -0.2) is 23.8 Å². The number of nitrogens with zero attached hydrogens (tertiary/aromatic N) is 2. The van der Waals surface area contributed by atoms with Gasteiger partial charge in [0, 0.05) is 19.7 Å². The molecule has 136 valence electrons. The fourth-order valence-corrected chi connectivity index (χ4v) is 5.26. The van der Waals surface area contributed by atoms with Gasteiger partial charge in [0.1, 0.15) is 0 Å². The molecule has 7 heteroatoms. The zero-order valence-corrected chi connectivity index (χ0v) is 15.5. The molecule has 1 aromatic heterocycles. The summed E-state index contributed by atoms with van der Waals surface area (Å²) in [6.45, 7) is 2.49. The number of aryl methyl sites for hydroxylation is 2. The van der Waals surface area contributed by atoms with Gasteiger partial charge in [0.25, 0.3) is 0 Å². The van der Waals surface area contributed by atoms with E-state index in [1.807, 2.05) is 31.2 Å². The van der Waals surface area contributed by atoms with Crippen LogP contribution < -0.4 is 5.76 Å². The lowest BCUT2D eigenvalue weighted by atomic mass is 10.0. The molecule has 0 unspecified atom stereocenters. The van der Waals surface area contributed by atoms with E-state index in [1.54, 1.807) is 17.4 Å². The van der Waals surface area contributed by atoms with Gasteiger partial charge in [-0.2, -0.15) is 4.31 Å². The second-order valence-corrected chi connectivity index (χ2v) is 8.63. The van der Waals surface area contributed by atoms with Crippen LogP contribution >= 0.6 is 0 Å². The Morgan fingerprint density at radius 1 is 1.12 bits per heavy atom. The summed E-state index contributed by atoms with van der Waals surface area (Å²) in [6, 6.07) is 12.4. The molecule has 4 rings (SSSR count). The van der Waals surface area contributed by atoms with Crippen LogP contribution in [0, 0.1) is 6.92 Å². The van der Waals surface area contributed by atoms with E-state index < -0.39 is 15.8 Å². The number of aromatic nitrogens is 1. The highest BCUT2D eigenvalue weighted by Gasteiger charge is 2.36. The van der Waals surface area contributed by atoms with Crippen molar-refractivity contribution in [2.45, 2.75) is 30.7 Å². The van der Waals surface area contributed by atoms with Crippen LogP contribution in [0.25, 0.3) is 11.1 Å². The normalized spacial score (nSPS) is 18.6. The highest BCUT2D eigenvalue weighted by atomic mass is 32.2. The van der Waals surface area contributed by atoms with Gasteiger partial charge in [0.2, 0.25) is 10.0 Å². The molecule has 2 heterocycles. The average Bonchev–Trinajstić information content (AvgIpc) is 3.21. The van der Waals surface area contributed by atoms with Crippen molar-refractivity contribution in [3.8, 4) is 0 Å². The molecule has 1 saturated heterocycles. The van der Waals surface area contributed by atoms with Crippen LogP contribution in [0.2, 0.25) is 0 Å². The Balaban J connectivity index is 1.75. The van der Waals surface area contributed by atoms with E-state index in [0.29, 0.717) is 12.1 Å². The lowest BCUT2D eigenvalue weighted by Crippen LogP contribution is -2.30. The number of hydrogen-bond acceptors (Lipinski definition) is 4. The molecule has 1 aliphatic rings. The van der Waals surface area contributed by atoms with Gasteiger partial charge in [0.15, 0.2) is 5.58 Å². The van der Waals surface area contributed by atoms with Gasteiger partial charge in [-0.15, -0.1) is 0 Å². The first kappa shape index (κ1) is 17.1. The molecule has 0 saturated carbocycles. The Morgan fingerprint density at radius 2 is 1.85 bits per heavy atom. The summed E-state index contributed by atoms with van der Waals surface area (Å²) in [5.74, 6) is -0.506. The predicted molar refractivity (Wildman–Crippen MR) is 98.5 cm³/mol. The SMILES string of the molecule is Cc1ccc([C@H]2CCCN2S(=O)(=O)c2ccc3c(c2)oc(=O)n3C)cc1. The van der Waals surface area contributed by atoms with Crippen molar-refractivity contribution in [2.24, 2.45) is 7.05 Å². The number of oxazole rings is 1. The van der Waals surface area contributed by atoms with Crippen LogP contribution in [0.4, 0.5) is 0 Å². The molecule has 2 aromatic carbocycles. The summed E-state index contributed by atoms with van der Waals surface area (Å²) in [6.07, 6.45) is 1.62. The smallest absolute Gasteiger partial charge is 0.408 e. The molecule has 6 nitrogen and oxygen atoms in total. The zero-order valence-electron chi connectivity index (χ0n) is 14.7. The molecule has 0 N–H and O–H groups in total. The van der Waals surface area contributed by atoms with E-state index in [2.05, 4.69) is 0 Å². The Labute approximate surface area is 151 Å². The second-order valence-electron chi connectivity index (χ2n) is 6.74. The summed E-state index contributed by atoms with van der Waals surface area (Å²) >= 11 is 0. The topological polar surface area (TPSA) is 72.5 Å². The molecule has 0 radical (unpaired) electrons. The Hall–Kier alpha value is -2.38. The molecule has 3 aromatic rings. The maximum atomic E-state index is 13.2. The molecule has 0 bridgehead atoms. The standard InChI is InChI=1S/C19H20N2O4S/c1-13-5-7-14(8-6-13)16-4-3-11-21(16)26(23,24)15-9-10-17-18(12-15)25-19(22)20(17)2/h5-10,12,16H,3-4,11H2,1-2H3/t16-/m1/s1. The highest BCUT2D eigenvalue weighted by molar-refractivity contribution is 7.89. The van der Waals surface area contributed by atoms with Crippen molar-refractivity contribution in [3.05, 3.63) is 64.1 Å². The third-order valence-corrected chi connectivity index (χ3v) is 6.94. The summed E-state index contributed by atoms with van der Waals surface area (Å²) in [7, 11) is -2.09. The third-order valence-electron chi connectivity index (χ3n) is 5.04. The third kappa shape index (κ3) is 2.68. The maximum Gasteiger partial charge on any atom is 0.419 e.